The van der Waals surface area contributed by atoms with Crippen molar-refractivity contribution in [3.05, 3.63) is 53.5 Å². The minimum atomic E-state index is 0.561. The minimum Gasteiger partial charge on any atom is -0.467 e. The molecular formula is C18H21N5OS. The largest absolute Gasteiger partial charge is 0.467 e. The second-order valence-electron chi connectivity index (χ2n) is 6.29. The highest BCUT2D eigenvalue weighted by Gasteiger charge is 2.28. The lowest BCUT2D eigenvalue weighted by Gasteiger charge is -2.19. The van der Waals surface area contributed by atoms with Gasteiger partial charge in [0.25, 0.3) is 0 Å². The quantitative estimate of drug-likeness (QED) is 0.607. The molecule has 0 aliphatic heterocycles. The van der Waals surface area contributed by atoms with Gasteiger partial charge in [-0.1, -0.05) is 6.92 Å². The fourth-order valence-corrected chi connectivity index (χ4v) is 3.28. The van der Waals surface area contributed by atoms with Gasteiger partial charge in [0.15, 0.2) is 10.6 Å². The molecule has 3 heterocycles. The van der Waals surface area contributed by atoms with Crippen LogP contribution >= 0.6 is 12.2 Å². The summed E-state index contributed by atoms with van der Waals surface area (Å²) in [5.74, 6) is 1.68. The van der Waals surface area contributed by atoms with Gasteiger partial charge in [-0.05, 0) is 55.9 Å². The highest BCUT2D eigenvalue weighted by atomic mass is 32.1. The van der Waals surface area contributed by atoms with E-state index in [1.807, 2.05) is 39.7 Å². The Labute approximate surface area is 151 Å². The van der Waals surface area contributed by atoms with Crippen LogP contribution in [0.5, 0.6) is 0 Å². The first-order valence-electron chi connectivity index (χ1n) is 8.60. The Balaban J connectivity index is 1.73. The van der Waals surface area contributed by atoms with E-state index < -0.39 is 0 Å². The second-order valence-corrected chi connectivity index (χ2v) is 6.66. The molecular weight excluding hydrogens is 334 g/mol. The van der Waals surface area contributed by atoms with E-state index in [1.165, 1.54) is 12.8 Å². The topological polar surface area (TPSA) is 52.0 Å². The maximum atomic E-state index is 5.73. The standard InChI is InChI=1S/C18H21N5OS/c1-2-21(15-7-8-15)13-23-18(25)22(12-16-6-4-10-24-16)17(20-23)14-5-3-9-19-11-14/h3-6,9-11,15H,2,7-8,12-13H2,1H3. The third-order valence-electron chi connectivity index (χ3n) is 4.52. The molecule has 130 valence electrons. The van der Waals surface area contributed by atoms with Crippen LogP contribution in [0.25, 0.3) is 11.4 Å². The maximum absolute atomic E-state index is 5.73. The average Bonchev–Trinajstić information content (AvgIpc) is 3.27. The Morgan fingerprint density at radius 2 is 2.20 bits per heavy atom. The molecule has 0 bridgehead atoms. The monoisotopic (exact) mass is 355 g/mol. The van der Waals surface area contributed by atoms with Crippen molar-refractivity contribution >= 4 is 12.2 Å². The summed E-state index contributed by atoms with van der Waals surface area (Å²) in [6, 6.07) is 8.43. The molecule has 1 fully saturated rings. The summed E-state index contributed by atoms with van der Waals surface area (Å²) >= 11 is 5.73. The average molecular weight is 355 g/mol. The van der Waals surface area contributed by atoms with Crippen molar-refractivity contribution in [3.8, 4) is 11.4 Å². The normalized spacial score (nSPS) is 14.3. The van der Waals surface area contributed by atoms with Crippen LogP contribution in [-0.2, 0) is 13.2 Å². The molecule has 1 aliphatic carbocycles. The van der Waals surface area contributed by atoms with E-state index in [-0.39, 0.29) is 0 Å². The molecule has 0 atom stereocenters. The molecule has 1 aliphatic rings. The molecule has 0 saturated heterocycles. The summed E-state index contributed by atoms with van der Waals surface area (Å²) in [6.45, 7) is 4.47. The number of rotatable bonds is 7. The first-order valence-corrected chi connectivity index (χ1v) is 9.01. The molecule has 0 aromatic carbocycles. The van der Waals surface area contributed by atoms with Crippen LogP contribution in [0.1, 0.15) is 25.5 Å². The van der Waals surface area contributed by atoms with Gasteiger partial charge in [-0.3, -0.25) is 14.5 Å². The first kappa shape index (κ1) is 16.2. The van der Waals surface area contributed by atoms with E-state index >= 15 is 0 Å². The van der Waals surface area contributed by atoms with Crippen molar-refractivity contribution in [1.29, 1.82) is 0 Å². The van der Waals surface area contributed by atoms with Crippen molar-refractivity contribution in [2.45, 2.75) is 39.0 Å². The van der Waals surface area contributed by atoms with Crippen molar-refractivity contribution in [1.82, 2.24) is 24.2 Å². The van der Waals surface area contributed by atoms with E-state index in [2.05, 4.69) is 16.8 Å². The van der Waals surface area contributed by atoms with Gasteiger partial charge in [0, 0.05) is 24.0 Å². The number of hydrogen-bond donors (Lipinski definition) is 0. The number of nitrogens with zero attached hydrogens (tertiary/aromatic N) is 5. The van der Waals surface area contributed by atoms with Gasteiger partial charge < -0.3 is 4.42 Å². The van der Waals surface area contributed by atoms with Gasteiger partial charge in [-0.15, -0.1) is 0 Å². The van der Waals surface area contributed by atoms with Crippen LogP contribution in [0.15, 0.2) is 47.3 Å². The number of pyridine rings is 1. The van der Waals surface area contributed by atoms with Gasteiger partial charge in [-0.2, -0.15) is 5.10 Å². The molecule has 0 N–H and O–H groups in total. The van der Waals surface area contributed by atoms with Crippen LogP contribution < -0.4 is 0 Å². The molecule has 25 heavy (non-hydrogen) atoms. The van der Waals surface area contributed by atoms with Crippen LogP contribution in [0, 0.1) is 4.77 Å². The van der Waals surface area contributed by atoms with Gasteiger partial charge >= 0.3 is 0 Å². The fraction of sp³-hybridized carbons (Fsp3) is 0.389. The maximum Gasteiger partial charge on any atom is 0.199 e. The lowest BCUT2D eigenvalue weighted by atomic mass is 10.2. The Kier molecular flexibility index (Phi) is 4.50. The van der Waals surface area contributed by atoms with E-state index in [9.17, 15) is 0 Å². The zero-order valence-electron chi connectivity index (χ0n) is 14.2. The zero-order chi connectivity index (χ0) is 17.2. The SMILES string of the molecule is CCN(Cn1nc(-c2cccnc2)n(Cc2ccco2)c1=S)C1CC1. The van der Waals surface area contributed by atoms with E-state index in [4.69, 9.17) is 21.7 Å². The molecule has 0 amide bonds. The third-order valence-corrected chi connectivity index (χ3v) is 4.95. The highest BCUT2D eigenvalue weighted by molar-refractivity contribution is 7.71. The summed E-state index contributed by atoms with van der Waals surface area (Å²) in [5.41, 5.74) is 0.952. The number of hydrogen-bond acceptors (Lipinski definition) is 5. The minimum absolute atomic E-state index is 0.561. The van der Waals surface area contributed by atoms with Crippen molar-refractivity contribution in [2.24, 2.45) is 0 Å². The van der Waals surface area contributed by atoms with Crippen molar-refractivity contribution in [2.75, 3.05) is 6.54 Å². The van der Waals surface area contributed by atoms with Crippen molar-refractivity contribution in [3.63, 3.8) is 0 Å². The summed E-state index contributed by atoms with van der Waals surface area (Å²) < 4.78 is 10.2. The first-order chi connectivity index (χ1) is 12.3. The molecule has 4 rings (SSSR count). The van der Waals surface area contributed by atoms with Crippen LogP contribution in [0.2, 0.25) is 0 Å². The summed E-state index contributed by atoms with van der Waals surface area (Å²) in [4.78, 5) is 6.65. The highest BCUT2D eigenvalue weighted by Crippen LogP contribution is 2.27. The predicted molar refractivity (Wildman–Crippen MR) is 97.5 cm³/mol. The molecule has 1 saturated carbocycles. The lowest BCUT2D eigenvalue weighted by Crippen LogP contribution is -2.29. The van der Waals surface area contributed by atoms with Crippen LogP contribution in [-0.4, -0.2) is 36.8 Å². The smallest absolute Gasteiger partial charge is 0.199 e. The third kappa shape index (κ3) is 3.43. The van der Waals surface area contributed by atoms with E-state index in [1.54, 1.807) is 12.5 Å². The summed E-state index contributed by atoms with van der Waals surface area (Å²) in [7, 11) is 0. The van der Waals surface area contributed by atoms with E-state index in [0.29, 0.717) is 17.4 Å². The van der Waals surface area contributed by atoms with Crippen LogP contribution in [0.4, 0.5) is 0 Å². The molecule has 0 spiro atoms. The van der Waals surface area contributed by atoms with Gasteiger partial charge in [-0.25, -0.2) is 4.68 Å². The van der Waals surface area contributed by atoms with Crippen LogP contribution in [0.3, 0.4) is 0 Å². The molecule has 7 heteroatoms. The van der Waals surface area contributed by atoms with Crippen molar-refractivity contribution < 1.29 is 4.42 Å². The second kappa shape index (κ2) is 6.93. The fourth-order valence-electron chi connectivity index (χ4n) is 3.03. The molecule has 0 unspecified atom stereocenters. The number of aromatic nitrogens is 4. The Bertz CT molecular complexity index is 880. The molecule has 3 aromatic heterocycles. The van der Waals surface area contributed by atoms with Gasteiger partial charge in [0.1, 0.15) is 5.76 Å². The Morgan fingerprint density at radius 3 is 2.84 bits per heavy atom. The van der Waals surface area contributed by atoms with Gasteiger partial charge in [0.05, 0.1) is 19.5 Å². The Hall–Kier alpha value is -2.25. The lowest BCUT2D eigenvalue weighted by molar-refractivity contribution is 0.206. The molecule has 0 radical (unpaired) electrons. The Morgan fingerprint density at radius 1 is 1.32 bits per heavy atom. The predicted octanol–water partition coefficient (Wildman–Crippen LogP) is 3.56. The summed E-state index contributed by atoms with van der Waals surface area (Å²) in [5, 5.41) is 4.81. The van der Waals surface area contributed by atoms with Gasteiger partial charge in [0.2, 0.25) is 0 Å². The molecule has 6 nitrogen and oxygen atoms in total. The summed E-state index contributed by atoms with van der Waals surface area (Å²) in [6.07, 6.45) is 7.79. The molecule has 3 aromatic rings. The zero-order valence-corrected chi connectivity index (χ0v) is 15.0. The number of furan rings is 1. The van der Waals surface area contributed by atoms with E-state index in [0.717, 1.165) is 30.4 Å².